The average Bonchev–Trinajstić information content (AvgIpc) is 3.33. The molecule has 1 saturated heterocycles. The zero-order chi connectivity index (χ0) is 22.9. The number of oxazole rings is 1. The fraction of sp³-hybridized carbons (Fsp3) is 0.450. The lowest BCUT2D eigenvalue weighted by Crippen LogP contribution is -2.30. The summed E-state index contributed by atoms with van der Waals surface area (Å²) in [4.78, 5) is 27.9. The van der Waals surface area contributed by atoms with Crippen LogP contribution in [0.2, 0.25) is 0 Å². The average molecular weight is 466 g/mol. The van der Waals surface area contributed by atoms with Crippen LogP contribution in [0, 0.1) is 11.7 Å². The predicted octanol–water partition coefficient (Wildman–Crippen LogP) is 1.88. The molecular formula is C20H23FN4O6S. The molecule has 2 aliphatic rings. The van der Waals surface area contributed by atoms with Crippen LogP contribution in [0.15, 0.2) is 28.8 Å². The molecule has 3 amide bonds. The number of ether oxygens (including phenoxy) is 1. The van der Waals surface area contributed by atoms with Crippen molar-refractivity contribution in [1.29, 1.82) is 0 Å². The van der Waals surface area contributed by atoms with Crippen LogP contribution < -0.4 is 19.7 Å². The van der Waals surface area contributed by atoms with Gasteiger partial charge < -0.3 is 9.15 Å². The highest BCUT2D eigenvalue weighted by atomic mass is 32.2. The number of hydrogen-bond acceptors (Lipinski definition) is 7. The van der Waals surface area contributed by atoms with Crippen molar-refractivity contribution in [2.75, 3.05) is 23.8 Å². The Morgan fingerprint density at radius 1 is 1.38 bits per heavy atom. The maximum absolute atomic E-state index is 14.0. The van der Waals surface area contributed by atoms with Gasteiger partial charge in [0.05, 0.1) is 18.6 Å². The van der Waals surface area contributed by atoms with E-state index in [0.29, 0.717) is 18.1 Å². The standard InChI is InChI=1S/C20H23FN4O6S/c1-12(14-4-5-16(21)17(8-14)30-11-13-2-3-13)24-32(28,29)7-6-15-9-22-20(31-15)25-10-18(26)23-19(25)27/h4-5,8-9,12-13,24H,2-3,6-7,10-11H2,1H3,(H,23,26,27)/t12-/m1/s1. The molecule has 0 bridgehead atoms. The monoisotopic (exact) mass is 466 g/mol. The Morgan fingerprint density at radius 3 is 2.84 bits per heavy atom. The van der Waals surface area contributed by atoms with E-state index in [-0.39, 0.29) is 36.2 Å². The van der Waals surface area contributed by atoms with Gasteiger partial charge in [-0.25, -0.2) is 32.2 Å². The maximum atomic E-state index is 14.0. The topological polar surface area (TPSA) is 131 Å². The summed E-state index contributed by atoms with van der Waals surface area (Å²) in [5.41, 5.74) is 0.576. The Bertz CT molecular complexity index is 1130. The van der Waals surface area contributed by atoms with Gasteiger partial charge in [-0.1, -0.05) is 6.07 Å². The number of carbonyl (C=O) groups excluding carboxylic acids is 2. The van der Waals surface area contributed by atoms with Gasteiger partial charge in [0.15, 0.2) is 11.6 Å². The van der Waals surface area contributed by atoms with Gasteiger partial charge in [0, 0.05) is 12.5 Å². The van der Waals surface area contributed by atoms with Crippen LogP contribution in [0.4, 0.5) is 15.2 Å². The van der Waals surface area contributed by atoms with Crippen LogP contribution in [0.5, 0.6) is 5.75 Å². The van der Waals surface area contributed by atoms with E-state index in [1.807, 2.05) is 0 Å². The highest BCUT2D eigenvalue weighted by molar-refractivity contribution is 7.89. The molecule has 12 heteroatoms. The number of carbonyl (C=O) groups is 2. The minimum atomic E-state index is -3.71. The van der Waals surface area contributed by atoms with Gasteiger partial charge in [0.2, 0.25) is 15.9 Å². The number of urea groups is 1. The molecule has 1 atom stereocenters. The summed E-state index contributed by atoms with van der Waals surface area (Å²) in [5.74, 6) is -0.423. The van der Waals surface area contributed by atoms with Crippen LogP contribution in [0.3, 0.4) is 0 Å². The summed E-state index contributed by atoms with van der Waals surface area (Å²) < 4.78 is 52.5. The highest BCUT2D eigenvalue weighted by Gasteiger charge is 2.31. The molecule has 1 aromatic heterocycles. The molecule has 2 heterocycles. The van der Waals surface area contributed by atoms with E-state index >= 15 is 0 Å². The first-order valence-electron chi connectivity index (χ1n) is 10.2. The number of hydrogen-bond donors (Lipinski definition) is 2. The Morgan fingerprint density at radius 2 is 2.16 bits per heavy atom. The minimum Gasteiger partial charge on any atom is -0.490 e. The maximum Gasteiger partial charge on any atom is 0.332 e. The second-order valence-corrected chi connectivity index (χ2v) is 9.77. The van der Waals surface area contributed by atoms with Crippen LogP contribution >= 0.6 is 0 Å². The fourth-order valence-corrected chi connectivity index (χ4v) is 4.42. The molecule has 32 heavy (non-hydrogen) atoms. The number of nitrogens with one attached hydrogen (secondary N) is 2. The van der Waals surface area contributed by atoms with Gasteiger partial charge in [0.1, 0.15) is 12.3 Å². The molecule has 1 aliphatic heterocycles. The summed E-state index contributed by atoms with van der Waals surface area (Å²) in [7, 11) is -3.71. The molecule has 2 fully saturated rings. The van der Waals surface area contributed by atoms with Crippen LogP contribution in [0.1, 0.15) is 37.1 Å². The third-order valence-corrected chi connectivity index (χ3v) is 6.62. The van der Waals surface area contributed by atoms with Crippen molar-refractivity contribution in [3.05, 3.63) is 41.5 Å². The molecule has 1 aromatic carbocycles. The molecule has 2 aromatic rings. The molecule has 0 radical (unpaired) electrons. The van der Waals surface area contributed by atoms with E-state index < -0.39 is 33.8 Å². The van der Waals surface area contributed by atoms with Gasteiger partial charge in [-0.15, -0.1) is 0 Å². The van der Waals surface area contributed by atoms with Crippen LogP contribution in [-0.2, 0) is 21.2 Å². The summed E-state index contributed by atoms with van der Waals surface area (Å²) in [5, 5.41) is 2.10. The second-order valence-electron chi connectivity index (χ2n) is 7.90. The number of amides is 3. The number of rotatable bonds is 10. The molecule has 2 N–H and O–H groups in total. The molecule has 0 unspecified atom stereocenters. The smallest absolute Gasteiger partial charge is 0.332 e. The largest absolute Gasteiger partial charge is 0.490 e. The van der Waals surface area contributed by atoms with Crippen LogP contribution in [-0.4, -0.2) is 44.2 Å². The molecule has 1 saturated carbocycles. The Hall–Kier alpha value is -2.99. The Labute approximate surface area is 184 Å². The Balaban J connectivity index is 1.33. The first kappa shape index (κ1) is 22.2. The van der Waals surface area contributed by atoms with Crippen molar-refractivity contribution < 1.29 is 31.6 Å². The van der Waals surface area contributed by atoms with E-state index in [1.165, 1.54) is 24.4 Å². The van der Waals surface area contributed by atoms with E-state index in [1.54, 1.807) is 6.92 Å². The van der Waals surface area contributed by atoms with Crippen molar-refractivity contribution in [3.8, 4) is 5.75 Å². The van der Waals surface area contributed by atoms with Gasteiger partial charge in [-0.3, -0.25) is 10.1 Å². The predicted molar refractivity (Wildman–Crippen MR) is 111 cm³/mol. The van der Waals surface area contributed by atoms with E-state index in [0.717, 1.165) is 17.7 Å². The van der Waals surface area contributed by atoms with E-state index in [2.05, 4.69) is 15.0 Å². The number of nitrogens with zero attached hydrogens (tertiary/aromatic N) is 2. The number of benzene rings is 1. The number of aromatic nitrogens is 1. The lowest BCUT2D eigenvalue weighted by molar-refractivity contribution is -0.117. The van der Waals surface area contributed by atoms with E-state index in [9.17, 15) is 22.4 Å². The SMILES string of the molecule is C[C@@H](NS(=O)(=O)CCc1cnc(N2CC(=O)NC2=O)o1)c1ccc(F)c(OCC2CC2)c1. The fourth-order valence-electron chi connectivity index (χ4n) is 3.16. The third kappa shape index (κ3) is 5.43. The van der Waals surface area contributed by atoms with Crippen molar-refractivity contribution in [1.82, 2.24) is 15.0 Å². The quantitative estimate of drug-likeness (QED) is 0.511. The first-order chi connectivity index (χ1) is 15.2. The number of anilines is 1. The van der Waals surface area contributed by atoms with E-state index in [4.69, 9.17) is 9.15 Å². The highest BCUT2D eigenvalue weighted by Crippen LogP contribution is 2.31. The zero-order valence-corrected chi connectivity index (χ0v) is 18.2. The molecule has 10 nitrogen and oxygen atoms in total. The molecule has 172 valence electrons. The van der Waals surface area contributed by atoms with Crippen molar-refractivity contribution >= 4 is 28.0 Å². The van der Waals surface area contributed by atoms with Gasteiger partial charge in [0.25, 0.3) is 0 Å². The van der Waals surface area contributed by atoms with Gasteiger partial charge in [-0.05, 0) is 43.4 Å². The molecule has 0 spiro atoms. The Kier molecular flexibility index (Phi) is 6.15. The van der Waals surface area contributed by atoms with Crippen molar-refractivity contribution in [2.24, 2.45) is 5.92 Å². The molecule has 1 aliphatic carbocycles. The lowest BCUT2D eigenvalue weighted by Gasteiger charge is -2.16. The number of imide groups is 1. The molecule has 4 rings (SSSR count). The first-order valence-corrected chi connectivity index (χ1v) is 11.8. The molecular weight excluding hydrogens is 443 g/mol. The van der Waals surface area contributed by atoms with Crippen molar-refractivity contribution in [3.63, 3.8) is 0 Å². The normalized spacial score (nSPS) is 17.5. The summed E-state index contributed by atoms with van der Waals surface area (Å²) in [6.45, 7) is 1.90. The number of halogens is 1. The van der Waals surface area contributed by atoms with Crippen molar-refractivity contribution in [2.45, 2.75) is 32.2 Å². The summed E-state index contributed by atoms with van der Waals surface area (Å²) in [6, 6.07) is 2.96. The number of sulfonamides is 1. The third-order valence-electron chi connectivity index (χ3n) is 5.17. The number of aryl methyl sites for hydroxylation is 1. The summed E-state index contributed by atoms with van der Waals surface area (Å²) >= 11 is 0. The minimum absolute atomic E-state index is 0.0115. The zero-order valence-electron chi connectivity index (χ0n) is 17.3. The lowest BCUT2D eigenvalue weighted by atomic mass is 10.1. The van der Waals surface area contributed by atoms with Crippen LogP contribution in [0.25, 0.3) is 0 Å². The van der Waals surface area contributed by atoms with Gasteiger partial charge >= 0.3 is 12.0 Å². The second kappa shape index (κ2) is 8.87. The van der Waals surface area contributed by atoms with Gasteiger partial charge in [-0.2, -0.15) is 0 Å². The summed E-state index contributed by atoms with van der Waals surface area (Å²) in [6.07, 6.45) is 3.48.